The van der Waals surface area contributed by atoms with Gasteiger partial charge in [-0.1, -0.05) is 12.1 Å². The summed E-state index contributed by atoms with van der Waals surface area (Å²) in [5, 5.41) is 13.7. The fourth-order valence-electron chi connectivity index (χ4n) is 1.67. The highest BCUT2D eigenvalue weighted by Crippen LogP contribution is 1.99. The summed E-state index contributed by atoms with van der Waals surface area (Å²) in [4.78, 5) is 22.5. The number of nitrogens with one attached hydrogen (secondary N) is 1. The van der Waals surface area contributed by atoms with Crippen molar-refractivity contribution in [2.45, 2.75) is 13.1 Å². The van der Waals surface area contributed by atoms with E-state index in [-0.39, 0.29) is 6.54 Å². The van der Waals surface area contributed by atoms with E-state index in [1.165, 1.54) is 0 Å². The van der Waals surface area contributed by atoms with Crippen LogP contribution in [0, 0.1) is 10.1 Å². The summed E-state index contributed by atoms with van der Waals surface area (Å²) in [5.74, 6) is 0.340. The topological polar surface area (TPSA) is 93.3 Å². The Morgan fingerprint density at radius 1 is 1.19 bits per heavy atom. The lowest BCUT2D eigenvalue weighted by Gasteiger charge is -2.06. The molecule has 2 aromatic rings. The molecule has 7 heteroatoms. The second-order valence-electron chi connectivity index (χ2n) is 4.33. The van der Waals surface area contributed by atoms with Crippen molar-refractivity contribution >= 4 is 5.84 Å². The van der Waals surface area contributed by atoms with Crippen LogP contribution in [0.5, 0.6) is 0 Å². The molecular weight excluding hydrogens is 270 g/mol. The third kappa shape index (κ3) is 5.35. The van der Waals surface area contributed by atoms with Crippen molar-refractivity contribution in [1.29, 1.82) is 0 Å². The van der Waals surface area contributed by atoms with E-state index in [2.05, 4.69) is 20.3 Å². The molecule has 0 aliphatic carbocycles. The molecule has 108 valence electrons. The van der Waals surface area contributed by atoms with Crippen LogP contribution in [-0.4, -0.2) is 27.3 Å². The molecule has 21 heavy (non-hydrogen) atoms. The molecule has 0 bridgehead atoms. The third-order valence-electron chi connectivity index (χ3n) is 2.67. The Labute approximate surface area is 121 Å². The SMILES string of the molecule is O=[N+]([O-])CC(=NCc1cccnc1)NCc1cccnc1. The zero-order valence-electron chi connectivity index (χ0n) is 11.3. The first-order valence-electron chi connectivity index (χ1n) is 6.41. The lowest BCUT2D eigenvalue weighted by molar-refractivity contribution is -0.463. The largest absolute Gasteiger partial charge is 0.364 e. The molecule has 0 saturated carbocycles. The number of aliphatic imine (C=N–C) groups is 1. The van der Waals surface area contributed by atoms with Crippen molar-refractivity contribution in [2.24, 2.45) is 4.99 Å². The standard InChI is InChI=1S/C14H15N5O2/c20-19(21)11-14(17-9-12-3-1-5-15-7-12)18-10-13-4-2-6-16-8-13/h1-8H,9-11H2,(H,17,18). The van der Waals surface area contributed by atoms with Crippen LogP contribution in [0.25, 0.3) is 0 Å². The Kier molecular flexibility index (Phi) is 5.33. The van der Waals surface area contributed by atoms with Crippen molar-refractivity contribution in [2.75, 3.05) is 6.54 Å². The molecule has 0 aliphatic heterocycles. The van der Waals surface area contributed by atoms with Gasteiger partial charge in [0.15, 0.2) is 5.84 Å². The zero-order valence-corrected chi connectivity index (χ0v) is 11.3. The first-order chi connectivity index (χ1) is 10.2. The molecule has 0 atom stereocenters. The summed E-state index contributed by atoms with van der Waals surface area (Å²) in [6.45, 7) is 0.477. The smallest absolute Gasteiger partial charge is 0.259 e. The van der Waals surface area contributed by atoms with E-state index in [4.69, 9.17) is 0 Å². The van der Waals surface area contributed by atoms with Gasteiger partial charge in [-0.15, -0.1) is 0 Å². The summed E-state index contributed by atoms with van der Waals surface area (Å²) in [5.41, 5.74) is 1.84. The lowest BCUT2D eigenvalue weighted by Crippen LogP contribution is -2.30. The molecule has 7 nitrogen and oxygen atoms in total. The van der Waals surface area contributed by atoms with Crippen LogP contribution in [0.15, 0.2) is 54.0 Å². The van der Waals surface area contributed by atoms with Crippen LogP contribution in [0.3, 0.4) is 0 Å². The average Bonchev–Trinajstić information content (AvgIpc) is 2.51. The summed E-state index contributed by atoms with van der Waals surface area (Å²) >= 11 is 0. The Hall–Kier alpha value is -2.83. The van der Waals surface area contributed by atoms with Gasteiger partial charge in [0, 0.05) is 36.3 Å². The normalized spacial score (nSPS) is 11.1. The average molecular weight is 285 g/mol. The van der Waals surface area contributed by atoms with Gasteiger partial charge in [-0.2, -0.15) is 0 Å². The lowest BCUT2D eigenvalue weighted by atomic mass is 10.3. The fraction of sp³-hybridized carbons (Fsp3) is 0.214. The van der Waals surface area contributed by atoms with Crippen molar-refractivity contribution in [3.63, 3.8) is 0 Å². The van der Waals surface area contributed by atoms with Crippen molar-refractivity contribution < 1.29 is 4.92 Å². The van der Waals surface area contributed by atoms with Gasteiger partial charge >= 0.3 is 0 Å². The van der Waals surface area contributed by atoms with Gasteiger partial charge < -0.3 is 5.32 Å². The molecule has 2 heterocycles. The first kappa shape index (κ1) is 14.6. The van der Waals surface area contributed by atoms with E-state index in [1.54, 1.807) is 30.9 Å². The van der Waals surface area contributed by atoms with Crippen LogP contribution in [0.2, 0.25) is 0 Å². The highest BCUT2D eigenvalue weighted by atomic mass is 16.6. The maximum absolute atomic E-state index is 10.7. The zero-order chi connectivity index (χ0) is 14.9. The number of hydrogen-bond acceptors (Lipinski definition) is 5. The predicted molar refractivity (Wildman–Crippen MR) is 78.3 cm³/mol. The van der Waals surface area contributed by atoms with E-state index in [0.29, 0.717) is 18.9 Å². The van der Waals surface area contributed by atoms with E-state index in [0.717, 1.165) is 11.1 Å². The number of pyridine rings is 2. The van der Waals surface area contributed by atoms with Crippen LogP contribution >= 0.6 is 0 Å². The summed E-state index contributed by atoms with van der Waals surface area (Å²) < 4.78 is 0. The van der Waals surface area contributed by atoms with Crippen molar-refractivity contribution in [1.82, 2.24) is 15.3 Å². The van der Waals surface area contributed by atoms with Gasteiger partial charge in [-0.25, -0.2) is 0 Å². The second kappa shape index (κ2) is 7.68. The molecule has 0 saturated heterocycles. The number of nitro groups is 1. The summed E-state index contributed by atoms with van der Waals surface area (Å²) in [7, 11) is 0. The Morgan fingerprint density at radius 2 is 1.86 bits per heavy atom. The predicted octanol–water partition coefficient (Wildman–Crippen LogP) is 1.44. The minimum atomic E-state index is -0.404. The monoisotopic (exact) mass is 285 g/mol. The minimum absolute atomic E-state index is 0.333. The third-order valence-corrected chi connectivity index (χ3v) is 2.67. The highest BCUT2D eigenvalue weighted by Gasteiger charge is 2.07. The Balaban J connectivity index is 1.98. The number of rotatable bonds is 6. The van der Waals surface area contributed by atoms with E-state index in [1.807, 2.05) is 18.2 Å². The molecule has 0 spiro atoms. The van der Waals surface area contributed by atoms with Gasteiger partial charge in [0.1, 0.15) is 0 Å². The molecule has 0 amide bonds. The van der Waals surface area contributed by atoms with Crippen LogP contribution in [-0.2, 0) is 13.1 Å². The molecule has 0 fully saturated rings. The highest BCUT2D eigenvalue weighted by molar-refractivity contribution is 5.83. The van der Waals surface area contributed by atoms with Gasteiger partial charge in [-0.05, 0) is 23.3 Å². The number of hydrogen-bond donors (Lipinski definition) is 1. The van der Waals surface area contributed by atoms with Gasteiger partial charge in [0.05, 0.1) is 6.54 Å². The van der Waals surface area contributed by atoms with E-state index in [9.17, 15) is 10.1 Å². The first-order valence-corrected chi connectivity index (χ1v) is 6.41. The molecule has 0 aromatic carbocycles. The molecule has 2 aromatic heterocycles. The molecule has 0 radical (unpaired) electrons. The molecule has 2 rings (SSSR count). The van der Waals surface area contributed by atoms with Crippen LogP contribution < -0.4 is 5.32 Å². The van der Waals surface area contributed by atoms with E-state index >= 15 is 0 Å². The Morgan fingerprint density at radius 3 is 2.43 bits per heavy atom. The number of nitrogens with zero attached hydrogens (tertiary/aromatic N) is 4. The van der Waals surface area contributed by atoms with E-state index < -0.39 is 4.92 Å². The maximum atomic E-state index is 10.7. The van der Waals surface area contributed by atoms with Gasteiger partial charge in [0.2, 0.25) is 0 Å². The van der Waals surface area contributed by atoms with Crippen molar-refractivity contribution in [3.8, 4) is 0 Å². The van der Waals surface area contributed by atoms with Crippen LogP contribution in [0.1, 0.15) is 11.1 Å². The van der Waals surface area contributed by atoms with Gasteiger partial charge in [-0.3, -0.25) is 25.1 Å². The molecular formula is C14H15N5O2. The molecule has 1 N–H and O–H groups in total. The fourth-order valence-corrected chi connectivity index (χ4v) is 1.67. The minimum Gasteiger partial charge on any atom is -0.364 e. The number of amidine groups is 1. The summed E-state index contributed by atoms with van der Waals surface area (Å²) in [6.07, 6.45) is 6.75. The number of aromatic nitrogens is 2. The second-order valence-corrected chi connectivity index (χ2v) is 4.33. The maximum Gasteiger partial charge on any atom is 0.259 e. The van der Waals surface area contributed by atoms with Crippen LogP contribution in [0.4, 0.5) is 0 Å². The quantitative estimate of drug-likeness (QED) is 0.375. The summed E-state index contributed by atoms with van der Waals surface area (Å²) in [6, 6.07) is 7.39. The molecule has 0 unspecified atom stereocenters. The Bertz CT molecular complexity index is 601. The van der Waals surface area contributed by atoms with Crippen molar-refractivity contribution in [3.05, 3.63) is 70.3 Å². The van der Waals surface area contributed by atoms with Gasteiger partial charge in [0.25, 0.3) is 6.54 Å². The molecule has 0 aliphatic rings.